The zero-order chi connectivity index (χ0) is 19.7. The molecule has 4 nitrogen and oxygen atoms in total. The number of sulfonamides is 1. The minimum Gasteiger partial charge on any atom is -0.455 e. The summed E-state index contributed by atoms with van der Waals surface area (Å²) in [6.07, 6.45) is 1.29. The van der Waals surface area contributed by atoms with E-state index in [-0.39, 0.29) is 10.7 Å². The van der Waals surface area contributed by atoms with Crippen LogP contribution in [0.1, 0.15) is 11.1 Å². The van der Waals surface area contributed by atoms with Gasteiger partial charge in [0.15, 0.2) is 0 Å². The van der Waals surface area contributed by atoms with E-state index >= 15 is 0 Å². The molecule has 1 aromatic heterocycles. The Labute approximate surface area is 162 Å². The van der Waals surface area contributed by atoms with Crippen molar-refractivity contribution in [3.8, 4) is 11.3 Å². The number of furan rings is 1. The number of hydrogen-bond donors (Lipinski definition) is 0. The number of fused-ring (bicyclic) bond motifs is 1. The van der Waals surface area contributed by atoms with Crippen molar-refractivity contribution >= 4 is 27.2 Å². The Morgan fingerprint density at radius 2 is 1.61 bits per heavy atom. The van der Waals surface area contributed by atoms with E-state index in [4.69, 9.17) is 4.42 Å². The second-order valence-corrected chi connectivity index (χ2v) is 8.00. The zero-order valence-corrected chi connectivity index (χ0v) is 15.8. The molecule has 4 rings (SSSR count). The van der Waals surface area contributed by atoms with Gasteiger partial charge in [0.1, 0.15) is 17.2 Å². The van der Waals surface area contributed by atoms with Crippen LogP contribution in [0.15, 0.2) is 86.5 Å². The van der Waals surface area contributed by atoms with E-state index in [1.807, 2.05) is 25.1 Å². The summed E-state index contributed by atoms with van der Waals surface area (Å²) in [5, 5.41) is 0.727. The first-order chi connectivity index (χ1) is 13.4. The average Bonchev–Trinajstić information content (AvgIpc) is 3.06. The predicted octanol–water partition coefficient (Wildman–Crippen LogP) is 5.36. The molecule has 4 aromatic rings. The zero-order valence-electron chi connectivity index (χ0n) is 15.0. The third-order valence-corrected chi connectivity index (χ3v) is 5.63. The highest BCUT2D eigenvalue weighted by Gasteiger charge is 2.17. The third kappa shape index (κ3) is 3.46. The van der Waals surface area contributed by atoms with Gasteiger partial charge < -0.3 is 4.42 Å². The number of benzene rings is 3. The summed E-state index contributed by atoms with van der Waals surface area (Å²) < 4.78 is 48.2. The van der Waals surface area contributed by atoms with Crippen molar-refractivity contribution in [2.45, 2.75) is 11.8 Å². The van der Waals surface area contributed by atoms with E-state index in [0.29, 0.717) is 22.5 Å². The van der Waals surface area contributed by atoms with Crippen molar-refractivity contribution in [3.05, 3.63) is 89.7 Å². The quantitative estimate of drug-likeness (QED) is 0.439. The summed E-state index contributed by atoms with van der Waals surface area (Å²) in [5.41, 5.74) is 2.71. The first-order valence-electron chi connectivity index (χ1n) is 8.58. The van der Waals surface area contributed by atoms with E-state index in [1.165, 1.54) is 30.5 Å². The van der Waals surface area contributed by atoms with Crippen LogP contribution >= 0.6 is 0 Å². The molecule has 0 aliphatic heterocycles. The molecule has 0 aliphatic carbocycles. The number of hydrogen-bond acceptors (Lipinski definition) is 3. The molecule has 0 bridgehead atoms. The molecule has 140 valence electrons. The minimum atomic E-state index is -3.86. The lowest BCUT2D eigenvalue weighted by molar-refractivity contribution is 0.598. The molecule has 0 amide bonds. The molecule has 6 heteroatoms. The normalized spacial score (nSPS) is 12.1. The molecule has 0 spiro atoms. The van der Waals surface area contributed by atoms with Gasteiger partial charge >= 0.3 is 0 Å². The van der Waals surface area contributed by atoms with Gasteiger partial charge in [0.2, 0.25) is 0 Å². The first kappa shape index (κ1) is 18.1. The van der Waals surface area contributed by atoms with Gasteiger partial charge in [0.25, 0.3) is 10.0 Å². The van der Waals surface area contributed by atoms with Gasteiger partial charge in [-0.2, -0.15) is 12.8 Å². The lowest BCUT2D eigenvalue weighted by Crippen LogP contribution is -1.98. The molecule has 0 N–H and O–H groups in total. The van der Waals surface area contributed by atoms with Gasteiger partial charge in [-0.3, -0.25) is 0 Å². The number of rotatable bonds is 4. The van der Waals surface area contributed by atoms with E-state index in [1.54, 1.807) is 30.3 Å². The van der Waals surface area contributed by atoms with Crippen LogP contribution in [0.3, 0.4) is 0 Å². The topological polar surface area (TPSA) is 59.6 Å². The fourth-order valence-corrected chi connectivity index (χ4v) is 3.75. The van der Waals surface area contributed by atoms with Crippen molar-refractivity contribution < 1.29 is 17.2 Å². The maximum atomic E-state index is 13.3. The van der Waals surface area contributed by atoms with Crippen molar-refractivity contribution in [2.24, 2.45) is 4.40 Å². The van der Waals surface area contributed by atoms with Gasteiger partial charge in [-0.05, 0) is 49.4 Å². The van der Waals surface area contributed by atoms with Crippen molar-refractivity contribution in [2.75, 3.05) is 0 Å². The van der Waals surface area contributed by atoms with Crippen LogP contribution in [0.25, 0.3) is 22.3 Å². The summed E-state index contributed by atoms with van der Waals surface area (Å²) >= 11 is 0. The molecule has 0 radical (unpaired) electrons. The molecule has 0 saturated carbocycles. The third-order valence-electron chi connectivity index (χ3n) is 4.38. The summed E-state index contributed by atoms with van der Waals surface area (Å²) in [5.74, 6) is 0.0704. The molecule has 0 saturated heterocycles. The van der Waals surface area contributed by atoms with Crippen LogP contribution < -0.4 is 0 Å². The second kappa shape index (κ2) is 7.05. The fourth-order valence-electron chi connectivity index (χ4n) is 2.90. The summed E-state index contributed by atoms with van der Waals surface area (Å²) in [7, 11) is -3.86. The maximum absolute atomic E-state index is 13.3. The Bertz CT molecular complexity index is 1270. The SMILES string of the molecule is Cc1ccc(S(=O)(=O)/N=C/c2c(-c3ccc(F)cc3)oc3ccccc23)cc1. The first-order valence-corrected chi connectivity index (χ1v) is 10.0. The van der Waals surface area contributed by atoms with Crippen LogP contribution in [0.5, 0.6) is 0 Å². The second-order valence-electron chi connectivity index (χ2n) is 6.37. The highest BCUT2D eigenvalue weighted by atomic mass is 32.2. The van der Waals surface area contributed by atoms with Gasteiger partial charge in [0.05, 0.1) is 11.1 Å². The molecule has 0 unspecified atom stereocenters. The number of nitrogens with zero attached hydrogens (tertiary/aromatic N) is 1. The number of para-hydroxylation sites is 1. The Kier molecular flexibility index (Phi) is 4.57. The van der Waals surface area contributed by atoms with E-state index in [9.17, 15) is 12.8 Å². The molecule has 3 aromatic carbocycles. The van der Waals surface area contributed by atoms with Crippen molar-refractivity contribution in [1.29, 1.82) is 0 Å². The highest BCUT2D eigenvalue weighted by molar-refractivity contribution is 7.90. The largest absolute Gasteiger partial charge is 0.455 e. The predicted molar refractivity (Wildman–Crippen MR) is 108 cm³/mol. The van der Waals surface area contributed by atoms with E-state index in [2.05, 4.69) is 4.40 Å². The summed E-state index contributed by atoms with van der Waals surface area (Å²) in [4.78, 5) is 0.116. The van der Waals surface area contributed by atoms with Crippen molar-refractivity contribution in [1.82, 2.24) is 0 Å². The standard InChI is InChI=1S/C22H16FNO3S/c1-15-6-12-18(13-7-15)28(25,26)24-14-20-19-4-2-3-5-21(19)27-22(20)16-8-10-17(23)11-9-16/h2-14H,1H3/b24-14+. The molecule has 0 fully saturated rings. The molecule has 1 heterocycles. The van der Waals surface area contributed by atoms with E-state index < -0.39 is 10.0 Å². The molecular formula is C22H16FNO3S. The number of halogens is 1. The van der Waals surface area contributed by atoms with Crippen LogP contribution in [0.4, 0.5) is 4.39 Å². The Hall–Kier alpha value is -3.25. The molecule has 0 aliphatic rings. The molecule has 28 heavy (non-hydrogen) atoms. The van der Waals surface area contributed by atoms with Crippen LogP contribution in [-0.4, -0.2) is 14.6 Å². The smallest absolute Gasteiger partial charge is 0.282 e. The summed E-state index contributed by atoms with van der Waals surface area (Å²) in [6, 6.07) is 19.6. The monoisotopic (exact) mass is 393 g/mol. The van der Waals surface area contributed by atoms with Crippen LogP contribution in [0.2, 0.25) is 0 Å². The highest BCUT2D eigenvalue weighted by Crippen LogP contribution is 2.32. The fraction of sp³-hybridized carbons (Fsp3) is 0.0455. The number of aryl methyl sites for hydroxylation is 1. The lowest BCUT2D eigenvalue weighted by Gasteiger charge is -2.01. The van der Waals surface area contributed by atoms with Gasteiger partial charge in [0, 0.05) is 16.5 Å². The Morgan fingerprint density at radius 3 is 2.32 bits per heavy atom. The molecule has 0 atom stereocenters. The van der Waals surface area contributed by atoms with Crippen LogP contribution in [0, 0.1) is 12.7 Å². The van der Waals surface area contributed by atoms with Gasteiger partial charge in [-0.1, -0.05) is 35.9 Å². The molecular weight excluding hydrogens is 377 g/mol. The summed E-state index contributed by atoms with van der Waals surface area (Å²) in [6.45, 7) is 1.88. The maximum Gasteiger partial charge on any atom is 0.282 e. The van der Waals surface area contributed by atoms with E-state index in [0.717, 1.165) is 10.9 Å². The van der Waals surface area contributed by atoms with Crippen LogP contribution in [-0.2, 0) is 10.0 Å². The lowest BCUT2D eigenvalue weighted by atomic mass is 10.1. The van der Waals surface area contributed by atoms with Gasteiger partial charge in [-0.15, -0.1) is 0 Å². The minimum absolute atomic E-state index is 0.116. The average molecular weight is 393 g/mol. The van der Waals surface area contributed by atoms with Crippen molar-refractivity contribution in [3.63, 3.8) is 0 Å². The van der Waals surface area contributed by atoms with Gasteiger partial charge in [-0.25, -0.2) is 4.39 Å². The Morgan fingerprint density at radius 1 is 0.929 bits per heavy atom. The Balaban J connectivity index is 1.83.